The van der Waals surface area contributed by atoms with E-state index in [1.165, 1.54) is 11.3 Å². The van der Waals surface area contributed by atoms with Gasteiger partial charge in [0.05, 0.1) is 11.6 Å². The van der Waals surface area contributed by atoms with Crippen LogP contribution < -0.4 is 0 Å². The minimum absolute atomic E-state index is 0.224. The molecule has 0 saturated carbocycles. The number of carbonyl (C=O) groups is 2. The highest BCUT2D eigenvalue weighted by Gasteiger charge is 2.36. The largest absolute Gasteiger partial charge is 0.457 e. The molecule has 2 aromatic rings. The van der Waals surface area contributed by atoms with Gasteiger partial charge in [0.2, 0.25) is 0 Å². The van der Waals surface area contributed by atoms with E-state index in [9.17, 15) is 9.59 Å². The van der Waals surface area contributed by atoms with Crippen molar-refractivity contribution in [2.75, 3.05) is 19.8 Å². The smallest absolute Gasteiger partial charge is 0.294 e. The number of rotatable bonds is 4. The van der Waals surface area contributed by atoms with Gasteiger partial charge in [-0.25, -0.2) is 0 Å². The van der Waals surface area contributed by atoms with E-state index in [1.807, 2.05) is 24.3 Å². The van der Waals surface area contributed by atoms with Gasteiger partial charge in [-0.15, -0.1) is 0 Å². The normalized spacial score (nSPS) is 20.0. The van der Waals surface area contributed by atoms with Gasteiger partial charge in [-0.1, -0.05) is 30.2 Å². The highest BCUT2D eigenvalue weighted by Crippen LogP contribution is 2.34. The lowest BCUT2D eigenvalue weighted by molar-refractivity contribution is -0.124. The Labute approximate surface area is 167 Å². The topological polar surface area (TPSA) is 53.8 Å². The predicted molar refractivity (Wildman–Crippen MR) is 107 cm³/mol. The summed E-state index contributed by atoms with van der Waals surface area (Å²) in [6.07, 6.45) is 5.08. The first kappa shape index (κ1) is 18.3. The summed E-state index contributed by atoms with van der Waals surface area (Å²) in [6.45, 7) is 2.23. The number of amides is 2. The maximum Gasteiger partial charge on any atom is 0.294 e. The van der Waals surface area contributed by atoms with E-state index < -0.39 is 0 Å². The molecule has 2 aliphatic rings. The summed E-state index contributed by atoms with van der Waals surface area (Å²) >= 11 is 6.99. The lowest BCUT2D eigenvalue weighted by Gasteiger charge is -2.29. The predicted octanol–water partition coefficient (Wildman–Crippen LogP) is 5.08. The van der Waals surface area contributed by atoms with Crippen molar-refractivity contribution in [3.63, 3.8) is 0 Å². The second-order valence-electron chi connectivity index (χ2n) is 6.64. The fourth-order valence-electron chi connectivity index (χ4n) is 3.28. The van der Waals surface area contributed by atoms with Gasteiger partial charge in [0.25, 0.3) is 11.1 Å². The molecule has 140 valence electrons. The summed E-state index contributed by atoms with van der Waals surface area (Å²) in [7, 11) is 0. The van der Waals surface area contributed by atoms with E-state index in [4.69, 9.17) is 16.0 Å². The van der Waals surface area contributed by atoms with Crippen LogP contribution in [-0.2, 0) is 4.79 Å². The number of hydrogen-bond donors (Lipinski definition) is 0. The van der Waals surface area contributed by atoms with Crippen LogP contribution in [0.2, 0.25) is 5.02 Å². The van der Waals surface area contributed by atoms with E-state index in [0.29, 0.717) is 28.1 Å². The van der Waals surface area contributed by atoms with Crippen molar-refractivity contribution >= 4 is 40.6 Å². The number of halogens is 1. The van der Waals surface area contributed by atoms with Crippen molar-refractivity contribution in [2.24, 2.45) is 0 Å². The minimum atomic E-state index is -0.253. The number of likely N-dealkylation sites (tertiary alicyclic amines) is 1. The summed E-state index contributed by atoms with van der Waals surface area (Å²) in [5, 5.41) is 0.405. The molecule has 1 aromatic carbocycles. The fourth-order valence-corrected chi connectivity index (χ4v) is 4.28. The molecule has 2 aliphatic heterocycles. The molecule has 5 nitrogen and oxygen atoms in total. The molecule has 0 aliphatic carbocycles. The SMILES string of the molecule is O=C1SC(=Cc2ccc(-c3cccc(Cl)c3)o2)C(=O)N1CN1CCCCC1. The van der Waals surface area contributed by atoms with Crippen molar-refractivity contribution in [1.29, 1.82) is 0 Å². The highest BCUT2D eigenvalue weighted by atomic mass is 35.5. The second-order valence-corrected chi connectivity index (χ2v) is 8.07. The van der Waals surface area contributed by atoms with Crippen molar-refractivity contribution in [3.8, 4) is 11.3 Å². The van der Waals surface area contributed by atoms with Crippen LogP contribution in [0.25, 0.3) is 17.4 Å². The van der Waals surface area contributed by atoms with Gasteiger partial charge < -0.3 is 4.42 Å². The highest BCUT2D eigenvalue weighted by molar-refractivity contribution is 8.18. The minimum Gasteiger partial charge on any atom is -0.457 e. The molecule has 0 N–H and O–H groups in total. The second kappa shape index (κ2) is 7.92. The van der Waals surface area contributed by atoms with Crippen molar-refractivity contribution in [3.05, 3.63) is 52.1 Å². The molecule has 0 radical (unpaired) electrons. The number of imide groups is 1. The number of piperidine rings is 1. The summed E-state index contributed by atoms with van der Waals surface area (Å²) < 4.78 is 5.81. The Morgan fingerprint density at radius 1 is 1.11 bits per heavy atom. The number of hydrogen-bond acceptors (Lipinski definition) is 5. The van der Waals surface area contributed by atoms with Crippen molar-refractivity contribution in [2.45, 2.75) is 19.3 Å². The molecule has 0 spiro atoms. The van der Waals surface area contributed by atoms with Crippen LogP contribution in [0.15, 0.2) is 45.7 Å². The van der Waals surface area contributed by atoms with Gasteiger partial charge in [-0.2, -0.15) is 0 Å². The zero-order valence-corrected chi connectivity index (χ0v) is 16.3. The lowest BCUT2D eigenvalue weighted by atomic mass is 10.1. The van der Waals surface area contributed by atoms with E-state index >= 15 is 0 Å². The molecule has 7 heteroatoms. The summed E-state index contributed by atoms with van der Waals surface area (Å²) in [5.41, 5.74) is 0.861. The molecule has 0 bridgehead atoms. The third kappa shape index (κ3) is 4.13. The van der Waals surface area contributed by atoms with Crippen LogP contribution in [0.1, 0.15) is 25.0 Å². The Balaban J connectivity index is 1.49. The van der Waals surface area contributed by atoms with E-state index in [0.717, 1.165) is 43.3 Å². The summed E-state index contributed by atoms with van der Waals surface area (Å²) in [4.78, 5) is 28.8. The zero-order valence-electron chi connectivity index (χ0n) is 14.7. The molecule has 3 heterocycles. The van der Waals surface area contributed by atoms with E-state index in [1.54, 1.807) is 18.2 Å². The average molecular weight is 403 g/mol. The summed E-state index contributed by atoms with van der Waals surface area (Å²) in [5.74, 6) is 0.945. The first-order valence-corrected chi connectivity index (χ1v) is 10.1. The van der Waals surface area contributed by atoms with Gasteiger partial charge in [0, 0.05) is 16.7 Å². The van der Waals surface area contributed by atoms with Crippen LogP contribution >= 0.6 is 23.4 Å². The maximum atomic E-state index is 12.6. The molecule has 2 fully saturated rings. The Morgan fingerprint density at radius 3 is 2.70 bits per heavy atom. The van der Waals surface area contributed by atoms with Crippen LogP contribution in [0.4, 0.5) is 4.79 Å². The molecule has 0 unspecified atom stereocenters. The molecule has 0 atom stereocenters. The number of thioether (sulfide) groups is 1. The van der Waals surface area contributed by atoms with Crippen LogP contribution in [-0.4, -0.2) is 40.7 Å². The van der Waals surface area contributed by atoms with Crippen LogP contribution in [0.5, 0.6) is 0 Å². The first-order valence-electron chi connectivity index (χ1n) is 8.94. The first-order chi connectivity index (χ1) is 13.1. The number of nitrogens with zero attached hydrogens (tertiary/aromatic N) is 2. The number of furan rings is 1. The molecule has 2 amide bonds. The van der Waals surface area contributed by atoms with Gasteiger partial charge in [0.1, 0.15) is 11.5 Å². The molecule has 1 aromatic heterocycles. The third-order valence-electron chi connectivity index (χ3n) is 4.67. The summed E-state index contributed by atoms with van der Waals surface area (Å²) in [6, 6.07) is 11.0. The fraction of sp³-hybridized carbons (Fsp3) is 0.300. The van der Waals surface area contributed by atoms with Gasteiger partial charge in [0.15, 0.2) is 0 Å². The van der Waals surface area contributed by atoms with Crippen LogP contribution in [0.3, 0.4) is 0 Å². The molecular weight excluding hydrogens is 384 g/mol. The third-order valence-corrected chi connectivity index (χ3v) is 5.82. The Bertz CT molecular complexity index is 902. The molecule has 27 heavy (non-hydrogen) atoms. The average Bonchev–Trinajstić information content (AvgIpc) is 3.23. The molecular formula is C20H19ClN2O3S. The lowest BCUT2D eigenvalue weighted by Crippen LogP contribution is -2.42. The Kier molecular flexibility index (Phi) is 5.38. The standard InChI is InChI=1S/C20H19ClN2O3S/c21-15-6-4-5-14(11-15)17-8-7-16(26-17)12-18-19(24)23(20(25)27-18)13-22-9-2-1-3-10-22/h4-8,11-12H,1-3,9-10,13H2. The Hall–Kier alpha value is -2.02. The van der Waals surface area contributed by atoms with Gasteiger partial charge >= 0.3 is 0 Å². The van der Waals surface area contributed by atoms with E-state index in [2.05, 4.69) is 4.90 Å². The van der Waals surface area contributed by atoms with Crippen molar-refractivity contribution in [1.82, 2.24) is 9.80 Å². The Morgan fingerprint density at radius 2 is 1.93 bits per heavy atom. The van der Waals surface area contributed by atoms with Crippen molar-refractivity contribution < 1.29 is 14.0 Å². The van der Waals surface area contributed by atoms with E-state index in [-0.39, 0.29) is 11.1 Å². The molecule has 2 saturated heterocycles. The monoisotopic (exact) mass is 402 g/mol. The van der Waals surface area contributed by atoms with Crippen LogP contribution in [0, 0.1) is 0 Å². The van der Waals surface area contributed by atoms with Gasteiger partial charge in [-0.05, 0) is 62.0 Å². The van der Waals surface area contributed by atoms with Gasteiger partial charge in [-0.3, -0.25) is 19.4 Å². The number of carbonyl (C=O) groups excluding carboxylic acids is 2. The maximum absolute atomic E-state index is 12.6. The zero-order chi connectivity index (χ0) is 18.8. The molecule has 4 rings (SSSR count). The number of benzene rings is 1. The quantitative estimate of drug-likeness (QED) is 0.667.